The number of carboxylic acid groups (broad SMARTS) is 1. The van der Waals surface area contributed by atoms with E-state index < -0.39 is 47.9 Å². The van der Waals surface area contributed by atoms with Crippen LogP contribution in [-0.4, -0.2) is 65.3 Å². The van der Waals surface area contributed by atoms with Crippen molar-refractivity contribution in [3.63, 3.8) is 0 Å². The minimum atomic E-state index is -1.22. The van der Waals surface area contributed by atoms with Gasteiger partial charge in [-0.05, 0) is 37.6 Å². The van der Waals surface area contributed by atoms with E-state index in [1.54, 1.807) is 27.7 Å². The number of nitrogens with two attached hydrogens (primary N) is 2. The molecule has 0 spiro atoms. The van der Waals surface area contributed by atoms with Crippen molar-refractivity contribution in [2.75, 3.05) is 12.3 Å². The summed E-state index contributed by atoms with van der Waals surface area (Å²) in [5.74, 6) is -3.37. The van der Waals surface area contributed by atoms with E-state index in [9.17, 15) is 19.2 Å². The Balaban J connectivity index is 5.34. The molecule has 0 saturated carbocycles. The summed E-state index contributed by atoms with van der Waals surface area (Å²) >= 11 is 3.92. The fourth-order valence-electron chi connectivity index (χ4n) is 2.57. The number of hydrogen-bond acceptors (Lipinski definition) is 7. The molecule has 0 bridgehead atoms. The molecular weight excluding hydrogens is 410 g/mol. The number of aliphatic carboxylic acids is 1. The minimum Gasteiger partial charge on any atom is -0.480 e. The molecule has 0 aromatic carbocycles. The molecule has 0 aliphatic carbocycles. The summed E-state index contributed by atoms with van der Waals surface area (Å²) in [7, 11) is 0. The van der Waals surface area contributed by atoms with Crippen LogP contribution < -0.4 is 27.4 Å². The first-order valence-electron chi connectivity index (χ1n) is 10.2. The maximum atomic E-state index is 12.9. The highest BCUT2D eigenvalue weighted by Crippen LogP contribution is 2.08. The molecule has 8 N–H and O–H groups in total. The number of nitrogens with one attached hydrogen (secondary N) is 3. The van der Waals surface area contributed by atoms with Crippen LogP contribution >= 0.6 is 12.6 Å². The van der Waals surface area contributed by atoms with E-state index in [0.29, 0.717) is 25.8 Å². The van der Waals surface area contributed by atoms with Crippen LogP contribution in [0.5, 0.6) is 0 Å². The van der Waals surface area contributed by atoms with Gasteiger partial charge in [-0.15, -0.1) is 0 Å². The molecule has 0 radical (unpaired) electrons. The number of thiol groups is 1. The molecule has 4 atom stereocenters. The van der Waals surface area contributed by atoms with Gasteiger partial charge in [0.1, 0.15) is 18.1 Å². The average molecular weight is 448 g/mol. The molecule has 0 aliphatic rings. The highest BCUT2D eigenvalue weighted by atomic mass is 32.1. The highest BCUT2D eigenvalue weighted by Gasteiger charge is 2.31. The van der Waals surface area contributed by atoms with Gasteiger partial charge >= 0.3 is 5.97 Å². The van der Waals surface area contributed by atoms with Crippen molar-refractivity contribution in [3.05, 3.63) is 0 Å². The number of carbonyl (C=O) groups is 4. The standard InChI is InChI=1S/C19H37N5O5S/c1-10(2)14(21)17(26)22-12(7-5-6-8-20)16(25)24-15(11(3)4)18(27)23-13(9-30)19(28)29/h10-15,30H,5-9,20-21H2,1-4H3,(H,22,26)(H,23,27)(H,24,25)(H,28,29). The monoisotopic (exact) mass is 447 g/mol. The van der Waals surface area contributed by atoms with E-state index in [1.165, 1.54) is 0 Å². The largest absolute Gasteiger partial charge is 0.480 e. The first-order valence-corrected chi connectivity index (χ1v) is 10.8. The van der Waals surface area contributed by atoms with Crippen molar-refractivity contribution < 1.29 is 24.3 Å². The lowest BCUT2D eigenvalue weighted by Crippen LogP contribution is -2.59. The minimum absolute atomic E-state index is 0.0926. The van der Waals surface area contributed by atoms with E-state index in [1.807, 2.05) is 0 Å². The van der Waals surface area contributed by atoms with Crippen LogP contribution in [0.1, 0.15) is 47.0 Å². The van der Waals surface area contributed by atoms with Gasteiger partial charge in [0.15, 0.2) is 0 Å². The smallest absolute Gasteiger partial charge is 0.327 e. The summed E-state index contributed by atoms with van der Waals surface area (Å²) in [5.41, 5.74) is 11.4. The third-order valence-corrected chi connectivity index (χ3v) is 5.01. The second-order valence-electron chi connectivity index (χ2n) is 7.93. The molecule has 11 heteroatoms. The molecule has 4 unspecified atom stereocenters. The lowest BCUT2D eigenvalue weighted by molar-refractivity contribution is -0.142. The lowest BCUT2D eigenvalue weighted by Gasteiger charge is -2.27. The van der Waals surface area contributed by atoms with Gasteiger partial charge in [0.25, 0.3) is 0 Å². The lowest BCUT2D eigenvalue weighted by atomic mass is 10.0. The maximum Gasteiger partial charge on any atom is 0.327 e. The maximum absolute atomic E-state index is 12.9. The van der Waals surface area contributed by atoms with Crippen molar-refractivity contribution in [2.45, 2.75) is 71.1 Å². The second kappa shape index (κ2) is 14.2. The van der Waals surface area contributed by atoms with Gasteiger partial charge in [-0.2, -0.15) is 12.6 Å². The molecule has 0 aromatic heterocycles. The normalized spacial score (nSPS) is 15.2. The first kappa shape index (κ1) is 28.1. The summed E-state index contributed by atoms with van der Waals surface area (Å²) in [6, 6.07) is -3.82. The number of hydrogen-bond donors (Lipinski definition) is 7. The number of carbonyl (C=O) groups excluding carboxylic acids is 3. The van der Waals surface area contributed by atoms with Crippen molar-refractivity contribution in [2.24, 2.45) is 23.3 Å². The van der Waals surface area contributed by atoms with Gasteiger partial charge in [0.05, 0.1) is 6.04 Å². The fraction of sp³-hybridized carbons (Fsp3) is 0.789. The quantitative estimate of drug-likeness (QED) is 0.135. The van der Waals surface area contributed by atoms with E-state index in [0.717, 1.165) is 0 Å². The zero-order chi connectivity index (χ0) is 23.4. The van der Waals surface area contributed by atoms with Crippen molar-refractivity contribution in [1.82, 2.24) is 16.0 Å². The average Bonchev–Trinajstić information content (AvgIpc) is 2.67. The third-order valence-electron chi connectivity index (χ3n) is 4.64. The third kappa shape index (κ3) is 9.77. The zero-order valence-corrected chi connectivity index (χ0v) is 19.1. The van der Waals surface area contributed by atoms with Crippen LogP contribution in [0.15, 0.2) is 0 Å². The summed E-state index contributed by atoms with van der Waals surface area (Å²) in [4.78, 5) is 48.9. The Morgan fingerprint density at radius 1 is 0.867 bits per heavy atom. The van der Waals surface area contributed by atoms with Gasteiger partial charge in [0.2, 0.25) is 17.7 Å². The Labute approximate surface area is 183 Å². The van der Waals surface area contributed by atoms with Crippen molar-refractivity contribution in [3.8, 4) is 0 Å². The van der Waals surface area contributed by atoms with Crippen LogP contribution in [0.25, 0.3) is 0 Å². The summed E-state index contributed by atoms with van der Waals surface area (Å²) in [5, 5.41) is 16.8. The van der Waals surface area contributed by atoms with Crippen molar-refractivity contribution in [1.29, 1.82) is 0 Å². The van der Waals surface area contributed by atoms with E-state index >= 15 is 0 Å². The Bertz CT molecular complexity index is 588. The molecule has 30 heavy (non-hydrogen) atoms. The molecule has 3 amide bonds. The predicted octanol–water partition coefficient (Wildman–Crippen LogP) is -0.776. The molecule has 174 valence electrons. The fourth-order valence-corrected chi connectivity index (χ4v) is 2.82. The van der Waals surface area contributed by atoms with E-state index in [4.69, 9.17) is 16.6 Å². The van der Waals surface area contributed by atoms with E-state index in [2.05, 4.69) is 28.6 Å². The zero-order valence-electron chi connectivity index (χ0n) is 18.2. The SMILES string of the molecule is CC(C)C(N)C(=O)NC(CCCCN)C(=O)NC(C(=O)NC(CS)C(=O)O)C(C)C. The highest BCUT2D eigenvalue weighted by molar-refractivity contribution is 7.80. The van der Waals surface area contributed by atoms with E-state index in [-0.39, 0.29) is 17.6 Å². The van der Waals surface area contributed by atoms with Crippen LogP contribution in [0, 0.1) is 11.8 Å². The molecule has 0 rings (SSSR count). The van der Waals surface area contributed by atoms with Crippen LogP contribution in [-0.2, 0) is 19.2 Å². The van der Waals surface area contributed by atoms with Crippen molar-refractivity contribution >= 4 is 36.3 Å². The summed E-state index contributed by atoms with van der Waals surface area (Å²) in [6.45, 7) is 7.49. The molecule has 0 fully saturated rings. The molecular formula is C19H37N5O5S. The van der Waals surface area contributed by atoms with Crippen LogP contribution in [0.4, 0.5) is 0 Å². The number of rotatable bonds is 14. The molecule has 0 saturated heterocycles. The Morgan fingerprint density at radius 3 is 1.87 bits per heavy atom. The van der Waals surface area contributed by atoms with Crippen LogP contribution in [0.2, 0.25) is 0 Å². The van der Waals surface area contributed by atoms with Crippen LogP contribution in [0.3, 0.4) is 0 Å². The second-order valence-corrected chi connectivity index (χ2v) is 8.29. The first-order chi connectivity index (χ1) is 14.0. The number of carboxylic acids is 1. The molecule has 10 nitrogen and oxygen atoms in total. The Hall–Kier alpha value is -1.85. The molecule has 0 aliphatic heterocycles. The van der Waals surface area contributed by atoms with Gasteiger partial charge < -0.3 is 32.5 Å². The van der Waals surface area contributed by atoms with Gasteiger partial charge in [-0.1, -0.05) is 27.7 Å². The van der Waals surface area contributed by atoms with Gasteiger partial charge in [-0.3, -0.25) is 14.4 Å². The molecule has 0 heterocycles. The number of amides is 3. The van der Waals surface area contributed by atoms with Gasteiger partial charge in [0, 0.05) is 5.75 Å². The Morgan fingerprint density at radius 2 is 1.43 bits per heavy atom. The van der Waals surface area contributed by atoms with Gasteiger partial charge in [-0.25, -0.2) is 4.79 Å². The number of unbranched alkanes of at least 4 members (excludes halogenated alkanes) is 1. The Kier molecular flexibility index (Phi) is 13.3. The predicted molar refractivity (Wildman–Crippen MR) is 118 cm³/mol. The summed E-state index contributed by atoms with van der Waals surface area (Å²) in [6.07, 6.45) is 1.61. The summed E-state index contributed by atoms with van der Waals surface area (Å²) < 4.78 is 0. The topological polar surface area (TPSA) is 177 Å². The molecule has 0 aromatic rings.